The molecular formula is C17H23NO5. The Kier molecular flexibility index (Phi) is 5.98. The van der Waals surface area contributed by atoms with Gasteiger partial charge in [0, 0.05) is 12.2 Å². The number of hydrogen-bond donors (Lipinski definition) is 0. The maximum Gasteiger partial charge on any atom is 0.325 e. The van der Waals surface area contributed by atoms with E-state index in [4.69, 9.17) is 14.2 Å². The number of esters is 1. The molecule has 1 aliphatic heterocycles. The fourth-order valence-corrected chi connectivity index (χ4v) is 2.46. The van der Waals surface area contributed by atoms with Crippen LogP contribution in [0.2, 0.25) is 0 Å². The van der Waals surface area contributed by atoms with E-state index in [-0.39, 0.29) is 31.0 Å². The molecule has 1 aromatic carbocycles. The summed E-state index contributed by atoms with van der Waals surface area (Å²) >= 11 is 0. The van der Waals surface area contributed by atoms with Crippen LogP contribution in [-0.2, 0) is 14.3 Å². The zero-order valence-electron chi connectivity index (χ0n) is 13.8. The Labute approximate surface area is 136 Å². The molecule has 0 fully saturated rings. The average Bonchev–Trinajstić information content (AvgIpc) is 2.51. The summed E-state index contributed by atoms with van der Waals surface area (Å²) < 4.78 is 16.1. The van der Waals surface area contributed by atoms with Gasteiger partial charge in [0.05, 0.1) is 18.8 Å². The first kappa shape index (κ1) is 17.3. The maximum absolute atomic E-state index is 12.0. The molecule has 6 heteroatoms. The Hall–Kier alpha value is -2.08. The second-order valence-electron chi connectivity index (χ2n) is 5.47. The third-order valence-corrected chi connectivity index (χ3v) is 3.53. The number of anilines is 1. The Bertz CT molecular complexity index is 572. The molecule has 0 saturated carbocycles. The lowest BCUT2D eigenvalue weighted by atomic mass is 10.1. The van der Waals surface area contributed by atoms with Crippen molar-refractivity contribution < 1.29 is 23.8 Å². The van der Waals surface area contributed by atoms with E-state index in [1.807, 2.05) is 18.7 Å². The molecule has 6 nitrogen and oxygen atoms in total. The minimum absolute atomic E-state index is 0.0225. The molecule has 0 N–H and O–H groups in total. The molecule has 0 saturated heterocycles. The summed E-state index contributed by atoms with van der Waals surface area (Å²) in [7, 11) is 0. The van der Waals surface area contributed by atoms with Gasteiger partial charge >= 0.3 is 5.97 Å². The molecule has 0 spiro atoms. The number of ether oxygens (including phenoxy) is 3. The highest BCUT2D eigenvalue weighted by atomic mass is 16.6. The van der Waals surface area contributed by atoms with Crippen LogP contribution in [0.1, 0.15) is 31.1 Å². The lowest BCUT2D eigenvalue weighted by molar-refractivity contribution is -0.143. The summed E-state index contributed by atoms with van der Waals surface area (Å²) in [5.41, 5.74) is 1.34. The third kappa shape index (κ3) is 4.69. The van der Waals surface area contributed by atoms with Gasteiger partial charge in [-0.1, -0.05) is 0 Å². The van der Waals surface area contributed by atoms with E-state index in [1.54, 1.807) is 18.2 Å². The van der Waals surface area contributed by atoms with Gasteiger partial charge in [-0.2, -0.15) is 0 Å². The van der Waals surface area contributed by atoms with Gasteiger partial charge in [-0.15, -0.1) is 0 Å². The van der Waals surface area contributed by atoms with E-state index in [0.717, 1.165) is 5.69 Å². The van der Waals surface area contributed by atoms with Crippen molar-refractivity contribution >= 4 is 17.4 Å². The SMILES string of the molecule is CCOCCOC(=O)CN1CC(C)Oc2ccc(C(C)=O)cc21. The van der Waals surface area contributed by atoms with E-state index >= 15 is 0 Å². The molecule has 0 aliphatic carbocycles. The van der Waals surface area contributed by atoms with Crippen molar-refractivity contribution in [3.05, 3.63) is 23.8 Å². The fraction of sp³-hybridized carbons (Fsp3) is 0.529. The lowest BCUT2D eigenvalue weighted by Gasteiger charge is -2.34. The normalized spacial score (nSPS) is 16.5. The van der Waals surface area contributed by atoms with Gasteiger partial charge in [0.25, 0.3) is 0 Å². The third-order valence-electron chi connectivity index (χ3n) is 3.53. The predicted molar refractivity (Wildman–Crippen MR) is 86.2 cm³/mol. The Morgan fingerprint density at radius 1 is 1.35 bits per heavy atom. The first-order valence-electron chi connectivity index (χ1n) is 7.81. The van der Waals surface area contributed by atoms with E-state index < -0.39 is 0 Å². The Morgan fingerprint density at radius 2 is 2.13 bits per heavy atom. The molecule has 0 aromatic heterocycles. The molecular weight excluding hydrogens is 298 g/mol. The number of fused-ring (bicyclic) bond motifs is 1. The summed E-state index contributed by atoms with van der Waals surface area (Å²) in [6.45, 7) is 7.26. The summed E-state index contributed by atoms with van der Waals surface area (Å²) in [6.07, 6.45) is -0.0399. The molecule has 23 heavy (non-hydrogen) atoms. The van der Waals surface area contributed by atoms with Crippen molar-refractivity contribution in [2.24, 2.45) is 0 Å². The molecule has 0 radical (unpaired) electrons. The molecule has 1 aliphatic rings. The summed E-state index contributed by atoms with van der Waals surface area (Å²) in [4.78, 5) is 25.4. The molecule has 1 aromatic rings. The second kappa shape index (κ2) is 7.97. The monoisotopic (exact) mass is 321 g/mol. The first-order chi connectivity index (χ1) is 11.0. The molecule has 0 amide bonds. The number of carbonyl (C=O) groups is 2. The van der Waals surface area contributed by atoms with Gasteiger partial charge in [0.2, 0.25) is 0 Å². The summed E-state index contributed by atoms with van der Waals surface area (Å²) in [5.74, 6) is 0.333. The number of carbonyl (C=O) groups excluding carboxylic acids is 2. The van der Waals surface area contributed by atoms with Gasteiger partial charge in [0.1, 0.15) is 25.0 Å². The molecule has 0 bridgehead atoms. The van der Waals surface area contributed by atoms with Crippen LogP contribution in [-0.4, -0.2) is 50.8 Å². The van der Waals surface area contributed by atoms with Crippen LogP contribution in [0.5, 0.6) is 5.75 Å². The first-order valence-corrected chi connectivity index (χ1v) is 7.81. The number of benzene rings is 1. The van der Waals surface area contributed by atoms with E-state index in [0.29, 0.717) is 31.1 Å². The van der Waals surface area contributed by atoms with Crippen LogP contribution in [0, 0.1) is 0 Å². The van der Waals surface area contributed by atoms with E-state index in [9.17, 15) is 9.59 Å². The van der Waals surface area contributed by atoms with Crippen LogP contribution in [0.15, 0.2) is 18.2 Å². The minimum Gasteiger partial charge on any atom is -0.487 e. The van der Waals surface area contributed by atoms with E-state index in [2.05, 4.69) is 0 Å². The van der Waals surface area contributed by atoms with Crippen LogP contribution in [0.25, 0.3) is 0 Å². The van der Waals surface area contributed by atoms with Gasteiger partial charge in [-0.3, -0.25) is 9.59 Å². The molecule has 2 rings (SSSR count). The van der Waals surface area contributed by atoms with Crippen molar-refractivity contribution in [1.29, 1.82) is 0 Å². The fourth-order valence-electron chi connectivity index (χ4n) is 2.46. The van der Waals surface area contributed by atoms with Gasteiger partial charge in [-0.25, -0.2) is 0 Å². The summed E-state index contributed by atoms with van der Waals surface area (Å²) in [5, 5.41) is 0. The number of hydrogen-bond acceptors (Lipinski definition) is 6. The van der Waals surface area contributed by atoms with Gasteiger partial charge < -0.3 is 19.1 Å². The number of nitrogens with zero attached hydrogens (tertiary/aromatic N) is 1. The highest BCUT2D eigenvalue weighted by molar-refractivity contribution is 5.95. The van der Waals surface area contributed by atoms with Crippen LogP contribution in [0.3, 0.4) is 0 Å². The maximum atomic E-state index is 12.0. The topological polar surface area (TPSA) is 65.1 Å². The zero-order chi connectivity index (χ0) is 16.8. The largest absolute Gasteiger partial charge is 0.487 e. The van der Waals surface area contributed by atoms with Crippen LogP contribution >= 0.6 is 0 Å². The molecule has 126 valence electrons. The van der Waals surface area contributed by atoms with E-state index in [1.165, 1.54) is 6.92 Å². The number of Topliss-reactive ketones (excluding diaryl/α,β-unsaturated/α-hetero) is 1. The van der Waals surface area contributed by atoms with Crippen molar-refractivity contribution in [1.82, 2.24) is 0 Å². The van der Waals surface area contributed by atoms with Crippen molar-refractivity contribution in [2.45, 2.75) is 26.9 Å². The standard InChI is InChI=1S/C17H23NO5/c1-4-21-7-8-22-17(20)11-18-10-12(2)23-16-6-5-14(13(3)19)9-15(16)18/h5-6,9,12H,4,7-8,10-11H2,1-3H3. The minimum atomic E-state index is -0.321. The van der Waals surface area contributed by atoms with Crippen molar-refractivity contribution in [3.63, 3.8) is 0 Å². The Morgan fingerprint density at radius 3 is 2.83 bits per heavy atom. The average molecular weight is 321 g/mol. The number of ketones is 1. The van der Waals surface area contributed by atoms with Gasteiger partial charge in [-0.05, 0) is 39.0 Å². The quantitative estimate of drug-likeness (QED) is 0.435. The summed E-state index contributed by atoms with van der Waals surface area (Å²) in [6, 6.07) is 5.27. The lowest BCUT2D eigenvalue weighted by Crippen LogP contribution is -2.42. The van der Waals surface area contributed by atoms with Crippen LogP contribution < -0.4 is 9.64 Å². The van der Waals surface area contributed by atoms with Crippen molar-refractivity contribution in [3.8, 4) is 5.75 Å². The van der Waals surface area contributed by atoms with Crippen LogP contribution in [0.4, 0.5) is 5.69 Å². The number of rotatable bonds is 7. The molecule has 1 unspecified atom stereocenters. The van der Waals surface area contributed by atoms with Gasteiger partial charge in [0.15, 0.2) is 5.78 Å². The highest BCUT2D eigenvalue weighted by Gasteiger charge is 2.25. The zero-order valence-corrected chi connectivity index (χ0v) is 13.8. The molecule has 1 atom stereocenters. The molecule has 1 heterocycles. The smallest absolute Gasteiger partial charge is 0.325 e. The second-order valence-corrected chi connectivity index (χ2v) is 5.47. The predicted octanol–water partition coefficient (Wildman–Crippen LogP) is 2.06. The highest BCUT2D eigenvalue weighted by Crippen LogP contribution is 2.34. The van der Waals surface area contributed by atoms with Crippen molar-refractivity contribution in [2.75, 3.05) is 37.8 Å². The Balaban J connectivity index is 2.06.